The van der Waals surface area contributed by atoms with Crippen LogP contribution in [0.4, 0.5) is 10.5 Å². The van der Waals surface area contributed by atoms with Gasteiger partial charge in [0.05, 0.1) is 32.1 Å². The van der Waals surface area contributed by atoms with E-state index in [4.69, 9.17) is 18.5 Å². The first-order valence-corrected chi connectivity index (χ1v) is 11.5. The Morgan fingerprint density at radius 3 is 2.52 bits per heavy atom. The number of ether oxygens (including phenoxy) is 2. The van der Waals surface area contributed by atoms with Crippen molar-refractivity contribution in [1.82, 2.24) is 0 Å². The predicted octanol–water partition coefficient (Wildman–Crippen LogP) is 4.36. The van der Waals surface area contributed by atoms with Crippen LogP contribution in [0, 0.1) is 0 Å². The molecule has 0 bridgehead atoms. The Balaban J connectivity index is 1.95. The van der Waals surface area contributed by atoms with Gasteiger partial charge < -0.3 is 23.6 Å². The van der Waals surface area contributed by atoms with E-state index in [2.05, 4.69) is 0 Å². The topological polar surface area (TPSA) is 94.5 Å². The zero-order chi connectivity index (χ0) is 20.9. The van der Waals surface area contributed by atoms with Gasteiger partial charge in [-0.05, 0) is 38.3 Å². The van der Waals surface area contributed by atoms with Gasteiger partial charge in [0.2, 0.25) is 0 Å². The first-order valence-electron chi connectivity index (χ1n) is 9.91. The molecule has 1 fully saturated rings. The molecule has 1 unspecified atom stereocenters. The van der Waals surface area contributed by atoms with Crippen LogP contribution >= 0.6 is 7.60 Å². The SMILES string of the molecule is CCOP(=O)(OCC)C(CC1=CCN(C(=O)O)c2ccccc21)C1OCCCO1. The largest absolute Gasteiger partial charge is 0.465 e. The first-order chi connectivity index (χ1) is 14.0. The van der Waals surface area contributed by atoms with Gasteiger partial charge in [0, 0.05) is 12.1 Å². The fourth-order valence-electron chi connectivity index (χ4n) is 3.66. The molecule has 160 valence electrons. The van der Waals surface area contributed by atoms with E-state index >= 15 is 0 Å². The average Bonchev–Trinajstić information content (AvgIpc) is 2.72. The van der Waals surface area contributed by atoms with Gasteiger partial charge in [-0.25, -0.2) is 4.79 Å². The minimum atomic E-state index is -3.53. The highest BCUT2D eigenvalue weighted by atomic mass is 31.2. The molecule has 0 aliphatic carbocycles. The van der Waals surface area contributed by atoms with Crippen LogP contribution in [0.2, 0.25) is 0 Å². The summed E-state index contributed by atoms with van der Waals surface area (Å²) >= 11 is 0. The van der Waals surface area contributed by atoms with Gasteiger partial charge in [-0.15, -0.1) is 0 Å². The van der Waals surface area contributed by atoms with E-state index in [1.165, 1.54) is 4.90 Å². The molecule has 0 saturated carbocycles. The van der Waals surface area contributed by atoms with Crippen LogP contribution < -0.4 is 4.90 Å². The van der Waals surface area contributed by atoms with E-state index in [1.54, 1.807) is 26.0 Å². The molecule has 0 aromatic heterocycles. The van der Waals surface area contributed by atoms with Gasteiger partial charge in [0.25, 0.3) is 0 Å². The predicted molar refractivity (Wildman–Crippen MR) is 109 cm³/mol. The molecule has 1 aromatic carbocycles. The number of fused-ring (bicyclic) bond motifs is 1. The second kappa shape index (κ2) is 9.87. The number of amides is 1. The van der Waals surface area contributed by atoms with Crippen molar-refractivity contribution in [3.05, 3.63) is 35.9 Å². The highest BCUT2D eigenvalue weighted by Gasteiger charge is 2.44. The molecule has 2 heterocycles. The Kier molecular flexibility index (Phi) is 7.49. The number of hydrogen-bond acceptors (Lipinski definition) is 6. The fourth-order valence-corrected chi connectivity index (χ4v) is 5.73. The summed E-state index contributed by atoms with van der Waals surface area (Å²) in [6, 6.07) is 7.28. The lowest BCUT2D eigenvalue weighted by atomic mass is 9.95. The van der Waals surface area contributed by atoms with Gasteiger partial charge in [-0.1, -0.05) is 24.3 Å². The van der Waals surface area contributed by atoms with Crippen LogP contribution in [-0.4, -0.2) is 56.1 Å². The van der Waals surface area contributed by atoms with Crippen LogP contribution in [0.15, 0.2) is 30.3 Å². The molecular weight excluding hydrogens is 397 g/mol. The maximum Gasteiger partial charge on any atom is 0.412 e. The first kappa shape index (κ1) is 22.0. The summed E-state index contributed by atoms with van der Waals surface area (Å²) in [5, 5.41) is 9.50. The maximum atomic E-state index is 13.6. The number of para-hydroxylation sites is 1. The molecule has 0 spiro atoms. The van der Waals surface area contributed by atoms with Gasteiger partial charge in [-0.3, -0.25) is 9.46 Å². The monoisotopic (exact) mass is 425 g/mol. The molecule has 1 saturated heterocycles. The van der Waals surface area contributed by atoms with Crippen molar-refractivity contribution >= 4 is 24.9 Å². The second-order valence-corrected chi connectivity index (χ2v) is 9.01. The Morgan fingerprint density at radius 1 is 1.24 bits per heavy atom. The summed E-state index contributed by atoms with van der Waals surface area (Å²) in [5.41, 5.74) is 1.60. The Hall–Kier alpha value is -1.70. The number of hydrogen-bond donors (Lipinski definition) is 1. The number of benzene rings is 1. The smallest absolute Gasteiger partial charge is 0.412 e. The molecule has 8 nitrogen and oxygen atoms in total. The molecule has 0 radical (unpaired) electrons. The standard InChI is InChI=1S/C20H28NO7P/c1-3-27-29(24,28-4-2)18(19-25-12-7-13-26-19)14-15-10-11-21(20(22)23)17-9-6-5-8-16(15)17/h5-6,8-10,18-19H,3-4,7,11-14H2,1-2H3,(H,22,23). The maximum absolute atomic E-state index is 13.6. The lowest BCUT2D eigenvalue weighted by Gasteiger charge is -2.36. The van der Waals surface area contributed by atoms with Gasteiger partial charge in [-0.2, -0.15) is 0 Å². The molecule has 29 heavy (non-hydrogen) atoms. The zero-order valence-electron chi connectivity index (χ0n) is 16.8. The van der Waals surface area contributed by atoms with Crippen LogP contribution in [0.3, 0.4) is 0 Å². The third-order valence-corrected chi connectivity index (χ3v) is 7.39. The minimum Gasteiger partial charge on any atom is -0.465 e. The number of allylic oxidation sites excluding steroid dienone is 1. The summed E-state index contributed by atoms with van der Waals surface area (Å²) < 4.78 is 36.4. The molecule has 1 N–H and O–H groups in total. The van der Waals surface area contributed by atoms with Crippen molar-refractivity contribution in [1.29, 1.82) is 0 Å². The Morgan fingerprint density at radius 2 is 1.90 bits per heavy atom. The average molecular weight is 425 g/mol. The molecule has 1 aromatic rings. The molecule has 9 heteroatoms. The number of carbonyl (C=O) groups is 1. The molecule has 1 amide bonds. The van der Waals surface area contributed by atoms with E-state index in [1.807, 2.05) is 18.2 Å². The summed E-state index contributed by atoms with van der Waals surface area (Å²) in [6.45, 7) is 5.26. The van der Waals surface area contributed by atoms with Gasteiger partial charge in [0.1, 0.15) is 5.66 Å². The van der Waals surface area contributed by atoms with Crippen molar-refractivity contribution < 1.29 is 33.0 Å². The summed E-state index contributed by atoms with van der Waals surface area (Å²) in [4.78, 5) is 12.9. The molecular formula is C20H28NO7P. The highest BCUT2D eigenvalue weighted by molar-refractivity contribution is 7.54. The van der Waals surface area contributed by atoms with Gasteiger partial charge >= 0.3 is 13.7 Å². The molecule has 2 aliphatic heterocycles. The second-order valence-electron chi connectivity index (χ2n) is 6.75. The number of carboxylic acid groups (broad SMARTS) is 1. The fraction of sp³-hybridized carbons (Fsp3) is 0.550. The van der Waals surface area contributed by atoms with E-state index in [0.29, 0.717) is 25.3 Å². The Bertz CT molecular complexity index is 781. The van der Waals surface area contributed by atoms with Crippen molar-refractivity contribution in [2.24, 2.45) is 0 Å². The van der Waals surface area contributed by atoms with Crippen molar-refractivity contribution in [2.75, 3.05) is 37.9 Å². The van der Waals surface area contributed by atoms with Crippen LogP contribution in [0.25, 0.3) is 5.57 Å². The normalized spacial score (nSPS) is 18.8. The summed E-state index contributed by atoms with van der Waals surface area (Å²) in [7, 11) is -3.53. The van der Waals surface area contributed by atoms with E-state index in [-0.39, 0.29) is 19.8 Å². The summed E-state index contributed by atoms with van der Waals surface area (Å²) in [5.74, 6) is 0. The van der Waals surface area contributed by atoms with Gasteiger partial charge in [0.15, 0.2) is 6.29 Å². The summed E-state index contributed by atoms with van der Waals surface area (Å²) in [6.07, 6.45) is 1.22. The zero-order valence-corrected chi connectivity index (χ0v) is 17.7. The lowest BCUT2D eigenvalue weighted by molar-refractivity contribution is -0.180. The molecule has 1 atom stereocenters. The van der Waals surface area contributed by atoms with Crippen LogP contribution in [-0.2, 0) is 23.1 Å². The van der Waals surface area contributed by atoms with Crippen molar-refractivity contribution in [2.45, 2.75) is 38.6 Å². The Labute approximate surface area is 170 Å². The lowest BCUT2D eigenvalue weighted by Crippen LogP contribution is -2.38. The van der Waals surface area contributed by atoms with E-state index in [0.717, 1.165) is 17.6 Å². The van der Waals surface area contributed by atoms with Crippen LogP contribution in [0.5, 0.6) is 0 Å². The number of anilines is 1. The number of rotatable bonds is 8. The number of nitrogens with zero attached hydrogens (tertiary/aromatic N) is 1. The quantitative estimate of drug-likeness (QED) is 0.619. The molecule has 2 aliphatic rings. The third kappa shape index (κ3) is 4.90. The third-order valence-electron chi connectivity index (χ3n) is 4.91. The van der Waals surface area contributed by atoms with Crippen molar-refractivity contribution in [3.63, 3.8) is 0 Å². The highest BCUT2D eigenvalue weighted by Crippen LogP contribution is 2.58. The minimum absolute atomic E-state index is 0.217. The van der Waals surface area contributed by atoms with Crippen LogP contribution in [0.1, 0.15) is 32.3 Å². The van der Waals surface area contributed by atoms with E-state index in [9.17, 15) is 14.5 Å². The van der Waals surface area contributed by atoms with Crippen molar-refractivity contribution in [3.8, 4) is 0 Å². The van der Waals surface area contributed by atoms with E-state index < -0.39 is 25.6 Å². The molecule has 3 rings (SSSR count).